The quantitative estimate of drug-likeness (QED) is 0.524. The minimum atomic E-state index is -0.276. The number of nitrogens with zero attached hydrogens (tertiary/aromatic N) is 2. The predicted octanol–water partition coefficient (Wildman–Crippen LogP) is 3.66. The molecule has 5 aliphatic rings. The zero-order chi connectivity index (χ0) is 22.9. The van der Waals surface area contributed by atoms with Crippen molar-refractivity contribution in [2.75, 3.05) is 18.7 Å². The first-order chi connectivity index (χ1) is 16.0. The first-order valence-electron chi connectivity index (χ1n) is 11.5. The molecule has 0 unspecified atom stereocenters. The minimum absolute atomic E-state index is 0.0830. The molecule has 2 bridgehead atoms. The Morgan fingerprint density at radius 3 is 2.30 bits per heavy atom. The summed E-state index contributed by atoms with van der Waals surface area (Å²) in [5, 5.41) is 0. The number of rotatable bonds is 5. The standard InChI is InChI=1S/C27H26N2O4/c1-15-6-3-4-9-22(15)28(25(30)16-7-5-8-17(12-16)33-2)14-29-26(31)23-18-10-11-19(21-13-20(18)21)24(23)27(29)32/h3-12,18-21,23-24H,13-14H2,1-2H3/t18-,19-,20-,21+,23+,24+/m1/s1. The lowest BCUT2D eigenvalue weighted by atomic mass is 9.63. The molecule has 1 aliphatic heterocycles. The smallest absolute Gasteiger partial charge is 0.259 e. The number of carbonyl (C=O) groups is 3. The second-order valence-electron chi connectivity index (χ2n) is 9.65. The van der Waals surface area contributed by atoms with E-state index in [2.05, 4.69) is 12.2 Å². The SMILES string of the molecule is COc1cccc(C(=O)N(CN2C(=O)[C@H]3[C@@H]4C=C[C@H]([C@@H]5C[C@H]45)[C@@H]3C2=O)c2ccccc2C)c1. The highest BCUT2D eigenvalue weighted by molar-refractivity contribution is 6.10. The Hall–Kier alpha value is -3.41. The monoisotopic (exact) mass is 442 g/mol. The van der Waals surface area contributed by atoms with Crippen molar-refractivity contribution in [3.05, 3.63) is 71.8 Å². The van der Waals surface area contributed by atoms with E-state index in [0.29, 0.717) is 28.8 Å². The van der Waals surface area contributed by atoms with Crippen LogP contribution in [0.25, 0.3) is 0 Å². The molecular formula is C27H26N2O4. The van der Waals surface area contributed by atoms with E-state index in [1.54, 1.807) is 36.3 Å². The molecule has 6 nitrogen and oxygen atoms in total. The first kappa shape index (κ1) is 20.2. The van der Waals surface area contributed by atoms with Gasteiger partial charge in [0.2, 0.25) is 11.8 Å². The fourth-order valence-corrected chi connectivity index (χ4v) is 6.33. The van der Waals surface area contributed by atoms with Gasteiger partial charge in [0.15, 0.2) is 0 Å². The normalized spacial score (nSPS) is 30.8. The molecule has 0 N–H and O–H groups in total. The molecule has 6 heteroatoms. The lowest BCUT2D eigenvalue weighted by molar-refractivity contribution is -0.140. The number of amides is 3. The van der Waals surface area contributed by atoms with Gasteiger partial charge in [0.1, 0.15) is 12.4 Å². The second kappa shape index (κ2) is 7.30. The van der Waals surface area contributed by atoms with Crippen LogP contribution in [0.4, 0.5) is 5.69 Å². The summed E-state index contributed by atoms with van der Waals surface area (Å²) in [5.41, 5.74) is 2.02. The maximum absolute atomic E-state index is 13.7. The van der Waals surface area contributed by atoms with Crippen molar-refractivity contribution in [3.8, 4) is 5.75 Å². The Balaban J connectivity index is 1.35. The average molecular weight is 443 g/mol. The first-order valence-corrected chi connectivity index (χ1v) is 11.5. The van der Waals surface area contributed by atoms with Gasteiger partial charge in [-0.3, -0.25) is 24.2 Å². The van der Waals surface area contributed by atoms with Gasteiger partial charge in [-0.15, -0.1) is 0 Å². The summed E-state index contributed by atoms with van der Waals surface area (Å²) in [7, 11) is 1.55. The number of aryl methyl sites for hydroxylation is 1. The summed E-state index contributed by atoms with van der Waals surface area (Å²) < 4.78 is 5.29. The van der Waals surface area contributed by atoms with E-state index in [0.717, 1.165) is 12.0 Å². The largest absolute Gasteiger partial charge is 0.497 e. The molecule has 0 aromatic heterocycles. The van der Waals surface area contributed by atoms with E-state index in [1.165, 1.54) is 4.90 Å². The number of anilines is 1. The van der Waals surface area contributed by atoms with Crippen LogP contribution in [0.5, 0.6) is 5.75 Å². The van der Waals surface area contributed by atoms with Gasteiger partial charge in [-0.05, 0) is 66.8 Å². The molecule has 6 atom stereocenters. The maximum atomic E-state index is 13.7. The van der Waals surface area contributed by atoms with Crippen molar-refractivity contribution in [3.63, 3.8) is 0 Å². The van der Waals surface area contributed by atoms with E-state index in [1.807, 2.05) is 31.2 Å². The molecule has 2 aromatic carbocycles. The summed E-state index contributed by atoms with van der Waals surface area (Å²) in [6.07, 6.45) is 5.45. The highest BCUT2D eigenvalue weighted by Crippen LogP contribution is 2.65. The Morgan fingerprint density at radius 1 is 1.00 bits per heavy atom. The molecule has 1 saturated heterocycles. The molecule has 2 aromatic rings. The number of para-hydroxylation sites is 1. The Kier molecular flexibility index (Phi) is 4.47. The third-order valence-electron chi connectivity index (χ3n) is 8.01. The molecule has 3 amide bonds. The van der Waals surface area contributed by atoms with Crippen LogP contribution in [-0.4, -0.2) is 36.4 Å². The summed E-state index contributed by atoms with van der Waals surface area (Å²) >= 11 is 0. The molecule has 4 aliphatic carbocycles. The number of allylic oxidation sites excluding steroid dienone is 2. The number of ether oxygens (including phenoxy) is 1. The van der Waals surface area contributed by atoms with Crippen LogP contribution in [-0.2, 0) is 9.59 Å². The van der Waals surface area contributed by atoms with Gasteiger partial charge < -0.3 is 4.74 Å². The number of imide groups is 1. The van der Waals surface area contributed by atoms with E-state index < -0.39 is 0 Å². The van der Waals surface area contributed by atoms with Crippen molar-refractivity contribution >= 4 is 23.4 Å². The van der Waals surface area contributed by atoms with Crippen LogP contribution in [0.15, 0.2) is 60.7 Å². The van der Waals surface area contributed by atoms with Gasteiger partial charge in [0.05, 0.1) is 18.9 Å². The van der Waals surface area contributed by atoms with Crippen LogP contribution in [0, 0.1) is 42.4 Å². The van der Waals surface area contributed by atoms with Crippen LogP contribution < -0.4 is 9.64 Å². The Labute approximate surface area is 192 Å². The van der Waals surface area contributed by atoms with Crippen LogP contribution >= 0.6 is 0 Å². The van der Waals surface area contributed by atoms with Gasteiger partial charge in [0.25, 0.3) is 5.91 Å². The van der Waals surface area contributed by atoms with E-state index >= 15 is 0 Å². The van der Waals surface area contributed by atoms with E-state index in [9.17, 15) is 14.4 Å². The molecule has 1 heterocycles. The molecule has 3 fully saturated rings. The average Bonchev–Trinajstić information content (AvgIpc) is 3.63. The zero-order valence-corrected chi connectivity index (χ0v) is 18.7. The van der Waals surface area contributed by atoms with Crippen molar-refractivity contribution in [2.45, 2.75) is 13.3 Å². The van der Waals surface area contributed by atoms with Crippen molar-refractivity contribution < 1.29 is 19.1 Å². The molecule has 7 rings (SSSR count). The number of hydrogen-bond donors (Lipinski definition) is 0. The summed E-state index contributed by atoms with van der Waals surface area (Å²) in [6, 6.07) is 14.5. The molecule has 168 valence electrons. The highest BCUT2D eigenvalue weighted by Gasteiger charge is 2.67. The van der Waals surface area contributed by atoms with Crippen LogP contribution in [0.3, 0.4) is 0 Å². The van der Waals surface area contributed by atoms with E-state index in [-0.39, 0.29) is 48.1 Å². The van der Waals surface area contributed by atoms with Crippen molar-refractivity contribution in [2.24, 2.45) is 35.5 Å². The fraction of sp³-hybridized carbons (Fsp3) is 0.370. The third-order valence-corrected chi connectivity index (χ3v) is 8.01. The number of benzene rings is 2. The lowest BCUT2D eigenvalue weighted by Gasteiger charge is -2.37. The van der Waals surface area contributed by atoms with Crippen LogP contribution in [0.1, 0.15) is 22.3 Å². The number of hydrogen-bond acceptors (Lipinski definition) is 4. The number of likely N-dealkylation sites (tertiary alicyclic amines) is 1. The van der Waals surface area contributed by atoms with Gasteiger partial charge in [-0.25, -0.2) is 0 Å². The molecule has 0 spiro atoms. The summed E-state index contributed by atoms with van der Waals surface area (Å²) in [4.78, 5) is 43.6. The Morgan fingerprint density at radius 2 is 1.67 bits per heavy atom. The summed E-state index contributed by atoms with van der Waals surface area (Å²) in [6.45, 7) is 1.84. The van der Waals surface area contributed by atoms with Crippen molar-refractivity contribution in [1.29, 1.82) is 0 Å². The topological polar surface area (TPSA) is 66.9 Å². The molecule has 0 radical (unpaired) electrons. The Bertz CT molecular complexity index is 1170. The predicted molar refractivity (Wildman–Crippen MR) is 122 cm³/mol. The lowest BCUT2D eigenvalue weighted by Crippen LogP contribution is -2.45. The van der Waals surface area contributed by atoms with Gasteiger partial charge >= 0.3 is 0 Å². The fourth-order valence-electron chi connectivity index (χ4n) is 6.33. The molecular weight excluding hydrogens is 416 g/mol. The highest BCUT2D eigenvalue weighted by atomic mass is 16.5. The number of carbonyl (C=O) groups excluding carboxylic acids is 3. The van der Waals surface area contributed by atoms with Crippen molar-refractivity contribution in [1.82, 2.24) is 4.90 Å². The maximum Gasteiger partial charge on any atom is 0.259 e. The second-order valence-corrected chi connectivity index (χ2v) is 9.65. The van der Waals surface area contributed by atoms with Gasteiger partial charge in [0, 0.05) is 11.3 Å². The molecule has 33 heavy (non-hydrogen) atoms. The van der Waals surface area contributed by atoms with Gasteiger partial charge in [-0.1, -0.05) is 36.4 Å². The van der Waals surface area contributed by atoms with E-state index in [4.69, 9.17) is 4.74 Å². The van der Waals surface area contributed by atoms with Crippen LogP contribution in [0.2, 0.25) is 0 Å². The third kappa shape index (κ3) is 2.96. The summed E-state index contributed by atoms with van der Waals surface area (Å²) in [5.74, 6) is 0.893. The zero-order valence-electron chi connectivity index (χ0n) is 18.7. The van der Waals surface area contributed by atoms with Gasteiger partial charge in [-0.2, -0.15) is 0 Å². The molecule has 2 saturated carbocycles. The number of methoxy groups -OCH3 is 1. The minimum Gasteiger partial charge on any atom is -0.497 e.